The van der Waals surface area contributed by atoms with Crippen molar-refractivity contribution < 1.29 is 9.53 Å². The lowest BCUT2D eigenvalue weighted by molar-refractivity contribution is 0.0951. The number of nitrogens with zero attached hydrogens (tertiary/aromatic N) is 2. The van der Waals surface area contributed by atoms with Gasteiger partial charge in [-0.3, -0.25) is 4.79 Å². The number of rotatable bonds is 4. The first kappa shape index (κ1) is 16.3. The second kappa shape index (κ2) is 6.53. The first-order chi connectivity index (χ1) is 11.5. The second-order valence-corrected chi connectivity index (χ2v) is 6.02. The third-order valence-electron chi connectivity index (χ3n) is 4.02. The standard InChI is InChI=1S/C18H18ClN3O2/c1-11-4-5-12(8-14(11)19)18(23)20-9-13-16(24-3)7-6-15-17(13)22(2)10-21-15/h4-8,10H,9H2,1-3H3,(H,20,23). The maximum atomic E-state index is 12.4. The number of fused-ring (bicyclic) bond motifs is 1. The number of hydrogen-bond donors (Lipinski definition) is 1. The van der Waals surface area contributed by atoms with Gasteiger partial charge >= 0.3 is 0 Å². The highest BCUT2D eigenvalue weighted by molar-refractivity contribution is 6.31. The Balaban J connectivity index is 1.88. The van der Waals surface area contributed by atoms with Gasteiger partial charge in [-0.1, -0.05) is 17.7 Å². The van der Waals surface area contributed by atoms with Crippen molar-refractivity contribution in [2.45, 2.75) is 13.5 Å². The highest BCUT2D eigenvalue weighted by atomic mass is 35.5. The number of carbonyl (C=O) groups is 1. The lowest BCUT2D eigenvalue weighted by atomic mass is 10.1. The molecule has 0 saturated heterocycles. The summed E-state index contributed by atoms with van der Waals surface area (Å²) in [6.45, 7) is 2.24. The maximum absolute atomic E-state index is 12.4. The molecule has 1 heterocycles. The van der Waals surface area contributed by atoms with Crippen LogP contribution in [0.1, 0.15) is 21.5 Å². The van der Waals surface area contributed by atoms with Gasteiger partial charge in [0.05, 0.1) is 24.5 Å². The van der Waals surface area contributed by atoms with Crippen molar-refractivity contribution in [1.29, 1.82) is 0 Å². The van der Waals surface area contributed by atoms with Crippen LogP contribution >= 0.6 is 11.6 Å². The van der Waals surface area contributed by atoms with Crippen LogP contribution in [-0.4, -0.2) is 22.6 Å². The van der Waals surface area contributed by atoms with Crippen molar-refractivity contribution in [3.05, 3.63) is 58.4 Å². The molecule has 0 aliphatic rings. The van der Waals surface area contributed by atoms with Gasteiger partial charge in [0.25, 0.3) is 5.91 Å². The molecule has 124 valence electrons. The summed E-state index contributed by atoms with van der Waals surface area (Å²) in [5.74, 6) is 0.534. The van der Waals surface area contributed by atoms with Crippen molar-refractivity contribution >= 4 is 28.5 Å². The Labute approximate surface area is 145 Å². The van der Waals surface area contributed by atoms with Crippen LogP contribution in [0.5, 0.6) is 5.75 Å². The molecule has 0 aliphatic heterocycles. The van der Waals surface area contributed by atoms with Gasteiger partial charge in [0.15, 0.2) is 0 Å². The molecular formula is C18H18ClN3O2. The predicted octanol–water partition coefficient (Wildman–Crippen LogP) is 3.47. The Kier molecular flexibility index (Phi) is 4.44. The molecular weight excluding hydrogens is 326 g/mol. The largest absolute Gasteiger partial charge is 0.496 e. The Hall–Kier alpha value is -2.53. The summed E-state index contributed by atoms with van der Waals surface area (Å²) in [7, 11) is 3.53. The lowest BCUT2D eigenvalue weighted by Gasteiger charge is -2.12. The third kappa shape index (κ3) is 2.95. The number of halogens is 1. The van der Waals surface area contributed by atoms with Crippen LogP contribution in [0.4, 0.5) is 0 Å². The Bertz CT molecular complexity index is 918. The van der Waals surface area contributed by atoms with Gasteiger partial charge in [-0.05, 0) is 36.8 Å². The van der Waals surface area contributed by atoms with E-state index < -0.39 is 0 Å². The van der Waals surface area contributed by atoms with Crippen molar-refractivity contribution in [1.82, 2.24) is 14.9 Å². The van der Waals surface area contributed by atoms with Crippen LogP contribution < -0.4 is 10.1 Å². The molecule has 0 unspecified atom stereocenters. The number of aromatic nitrogens is 2. The molecule has 0 spiro atoms. The Morgan fingerprint density at radius 3 is 2.83 bits per heavy atom. The average molecular weight is 344 g/mol. The molecule has 0 bridgehead atoms. The van der Waals surface area contributed by atoms with Gasteiger partial charge in [-0.25, -0.2) is 4.98 Å². The number of benzene rings is 2. The Morgan fingerprint density at radius 2 is 2.12 bits per heavy atom. The molecule has 2 aromatic carbocycles. The number of nitrogens with one attached hydrogen (secondary N) is 1. The minimum Gasteiger partial charge on any atom is -0.496 e. The van der Waals surface area contributed by atoms with E-state index in [1.807, 2.05) is 36.7 Å². The quantitative estimate of drug-likeness (QED) is 0.789. The van der Waals surface area contributed by atoms with Gasteiger partial charge in [0.1, 0.15) is 5.75 Å². The van der Waals surface area contributed by atoms with E-state index in [9.17, 15) is 4.79 Å². The summed E-state index contributed by atoms with van der Waals surface area (Å²) in [6, 6.07) is 9.03. The number of aryl methyl sites for hydroxylation is 2. The number of methoxy groups -OCH3 is 1. The smallest absolute Gasteiger partial charge is 0.251 e. The van der Waals surface area contributed by atoms with Crippen LogP contribution in [-0.2, 0) is 13.6 Å². The van der Waals surface area contributed by atoms with Crippen molar-refractivity contribution in [2.75, 3.05) is 7.11 Å². The zero-order valence-corrected chi connectivity index (χ0v) is 14.5. The van der Waals surface area contributed by atoms with E-state index in [1.54, 1.807) is 25.6 Å². The van der Waals surface area contributed by atoms with E-state index in [2.05, 4.69) is 10.3 Å². The minimum atomic E-state index is -0.182. The normalized spacial score (nSPS) is 10.8. The SMILES string of the molecule is COc1ccc2ncn(C)c2c1CNC(=O)c1ccc(C)c(Cl)c1. The first-order valence-electron chi connectivity index (χ1n) is 7.52. The molecule has 0 saturated carbocycles. The molecule has 1 N–H and O–H groups in total. The highest BCUT2D eigenvalue weighted by Crippen LogP contribution is 2.27. The fourth-order valence-electron chi connectivity index (χ4n) is 2.68. The number of carbonyl (C=O) groups excluding carboxylic acids is 1. The van der Waals surface area contributed by atoms with Crippen molar-refractivity contribution in [3.63, 3.8) is 0 Å². The monoisotopic (exact) mass is 343 g/mol. The van der Waals surface area contributed by atoms with Gasteiger partial charge in [0.2, 0.25) is 0 Å². The van der Waals surface area contributed by atoms with Crippen LogP contribution in [0.25, 0.3) is 11.0 Å². The number of hydrogen-bond acceptors (Lipinski definition) is 3. The summed E-state index contributed by atoms with van der Waals surface area (Å²) in [4.78, 5) is 16.7. The summed E-state index contributed by atoms with van der Waals surface area (Å²) in [5.41, 5.74) is 4.16. The summed E-state index contributed by atoms with van der Waals surface area (Å²) in [5, 5.41) is 3.50. The number of amides is 1. The van der Waals surface area contributed by atoms with E-state index in [0.29, 0.717) is 22.9 Å². The van der Waals surface area contributed by atoms with Crippen molar-refractivity contribution in [3.8, 4) is 5.75 Å². The number of imidazole rings is 1. The second-order valence-electron chi connectivity index (χ2n) is 5.62. The maximum Gasteiger partial charge on any atom is 0.251 e. The average Bonchev–Trinajstić information content (AvgIpc) is 2.96. The van der Waals surface area contributed by atoms with Crippen LogP contribution in [0.15, 0.2) is 36.7 Å². The van der Waals surface area contributed by atoms with Crippen molar-refractivity contribution in [2.24, 2.45) is 7.05 Å². The van der Waals surface area contributed by atoms with E-state index in [1.165, 1.54) is 0 Å². The van der Waals surface area contributed by atoms with Gasteiger partial charge in [-0.15, -0.1) is 0 Å². The zero-order valence-electron chi connectivity index (χ0n) is 13.8. The molecule has 0 fully saturated rings. The fourth-order valence-corrected chi connectivity index (χ4v) is 2.86. The van der Waals surface area contributed by atoms with E-state index in [0.717, 1.165) is 22.2 Å². The van der Waals surface area contributed by atoms with E-state index in [4.69, 9.17) is 16.3 Å². The van der Waals surface area contributed by atoms with Gasteiger partial charge in [-0.2, -0.15) is 0 Å². The van der Waals surface area contributed by atoms with Gasteiger partial charge < -0.3 is 14.6 Å². The summed E-state index contributed by atoms with van der Waals surface area (Å²) < 4.78 is 7.36. The van der Waals surface area contributed by atoms with Crippen LogP contribution in [0, 0.1) is 6.92 Å². The van der Waals surface area contributed by atoms with E-state index in [-0.39, 0.29) is 5.91 Å². The highest BCUT2D eigenvalue weighted by Gasteiger charge is 2.14. The molecule has 0 radical (unpaired) electrons. The molecule has 1 aromatic heterocycles. The topological polar surface area (TPSA) is 56.1 Å². The molecule has 0 aliphatic carbocycles. The molecule has 3 aromatic rings. The summed E-state index contributed by atoms with van der Waals surface area (Å²) in [6.07, 6.45) is 1.75. The third-order valence-corrected chi connectivity index (χ3v) is 4.43. The predicted molar refractivity (Wildman–Crippen MR) is 94.6 cm³/mol. The lowest BCUT2D eigenvalue weighted by Crippen LogP contribution is -2.23. The molecule has 0 atom stereocenters. The summed E-state index contributed by atoms with van der Waals surface area (Å²) >= 11 is 6.10. The Morgan fingerprint density at radius 1 is 1.33 bits per heavy atom. The molecule has 1 amide bonds. The zero-order chi connectivity index (χ0) is 17.3. The fraction of sp³-hybridized carbons (Fsp3) is 0.222. The first-order valence-corrected chi connectivity index (χ1v) is 7.90. The minimum absolute atomic E-state index is 0.182. The van der Waals surface area contributed by atoms with Gasteiger partial charge in [0, 0.05) is 29.7 Å². The number of ether oxygens (including phenoxy) is 1. The molecule has 24 heavy (non-hydrogen) atoms. The molecule has 6 heteroatoms. The molecule has 5 nitrogen and oxygen atoms in total. The van der Waals surface area contributed by atoms with Crippen LogP contribution in [0.3, 0.4) is 0 Å². The van der Waals surface area contributed by atoms with E-state index >= 15 is 0 Å². The van der Waals surface area contributed by atoms with Crippen LogP contribution in [0.2, 0.25) is 5.02 Å². The molecule has 3 rings (SSSR count).